The largest absolute Gasteiger partial charge is 0.433 e. The van der Waals surface area contributed by atoms with Crippen LogP contribution in [0.3, 0.4) is 0 Å². The number of halogens is 3. The Balaban J connectivity index is 1.64. The van der Waals surface area contributed by atoms with Gasteiger partial charge in [-0.05, 0) is 39.0 Å². The second-order valence-corrected chi connectivity index (χ2v) is 7.10. The normalized spacial score (nSPS) is 11.7. The molecule has 0 aliphatic rings. The van der Waals surface area contributed by atoms with Gasteiger partial charge in [-0.15, -0.1) is 0 Å². The van der Waals surface area contributed by atoms with Crippen molar-refractivity contribution in [2.75, 3.05) is 5.32 Å². The van der Waals surface area contributed by atoms with Crippen molar-refractivity contribution in [1.29, 1.82) is 0 Å². The lowest BCUT2D eigenvalue weighted by Crippen LogP contribution is -2.07. The number of nitrogens with zero attached hydrogens (tertiary/aromatic N) is 7. The molecule has 0 amide bonds. The van der Waals surface area contributed by atoms with E-state index in [2.05, 4.69) is 30.5 Å². The van der Waals surface area contributed by atoms with Crippen LogP contribution in [-0.4, -0.2) is 34.5 Å². The van der Waals surface area contributed by atoms with E-state index in [-0.39, 0.29) is 0 Å². The third kappa shape index (κ3) is 3.98. The van der Waals surface area contributed by atoms with Crippen molar-refractivity contribution < 1.29 is 13.2 Å². The SMILES string of the molecule is Cc1cc(C)n(-c2cc(Nc3c(C)c(-c4ccc(C(F)(F)F)nc4)nn3C)ncn2)n1. The quantitative estimate of drug-likeness (QED) is 0.526. The molecule has 0 saturated heterocycles. The molecule has 0 radical (unpaired) electrons. The third-order valence-electron chi connectivity index (χ3n) is 4.74. The van der Waals surface area contributed by atoms with Crippen LogP contribution in [-0.2, 0) is 13.2 Å². The highest BCUT2D eigenvalue weighted by molar-refractivity contribution is 5.71. The van der Waals surface area contributed by atoms with Crippen molar-refractivity contribution in [1.82, 2.24) is 34.5 Å². The first-order valence-electron chi connectivity index (χ1n) is 9.33. The summed E-state index contributed by atoms with van der Waals surface area (Å²) in [4.78, 5) is 12.1. The highest BCUT2D eigenvalue weighted by Gasteiger charge is 2.32. The van der Waals surface area contributed by atoms with Crippen molar-refractivity contribution in [2.24, 2.45) is 7.05 Å². The van der Waals surface area contributed by atoms with Gasteiger partial charge in [0.2, 0.25) is 0 Å². The summed E-state index contributed by atoms with van der Waals surface area (Å²) < 4.78 is 41.7. The van der Waals surface area contributed by atoms with Crippen LogP contribution in [0.2, 0.25) is 0 Å². The van der Waals surface area contributed by atoms with Gasteiger partial charge in [0, 0.05) is 36.1 Å². The van der Waals surface area contributed by atoms with E-state index in [0.29, 0.717) is 28.7 Å². The minimum absolute atomic E-state index is 0.486. The molecule has 160 valence electrons. The lowest BCUT2D eigenvalue weighted by Gasteiger charge is -2.09. The number of rotatable bonds is 4. The molecule has 0 saturated carbocycles. The molecule has 4 aromatic heterocycles. The summed E-state index contributed by atoms with van der Waals surface area (Å²) >= 11 is 0. The lowest BCUT2D eigenvalue weighted by atomic mass is 10.1. The summed E-state index contributed by atoms with van der Waals surface area (Å²) in [5, 5.41) is 12.1. The summed E-state index contributed by atoms with van der Waals surface area (Å²) in [5.74, 6) is 1.78. The molecule has 8 nitrogen and oxygen atoms in total. The van der Waals surface area contributed by atoms with Gasteiger partial charge in [-0.2, -0.15) is 23.4 Å². The zero-order valence-corrected chi connectivity index (χ0v) is 17.2. The number of anilines is 2. The van der Waals surface area contributed by atoms with Crippen molar-refractivity contribution in [2.45, 2.75) is 26.9 Å². The van der Waals surface area contributed by atoms with Gasteiger partial charge in [0.1, 0.15) is 23.7 Å². The lowest BCUT2D eigenvalue weighted by molar-refractivity contribution is -0.141. The maximum absolute atomic E-state index is 12.8. The fraction of sp³-hybridized carbons (Fsp3) is 0.250. The van der Waals surface area contributed by atoms with Gasteiger partial charge >= 0.3 is 6.18 Å². The van der Waals surface area contributed by atoms with E-state index in [1.165, 1.54) is 18.6 Å². The van der Waals surface area contributed by atoms with Gasteiger partial charge in [-0.3, -0.25) is 9.67 Å². The Labute approximate surface area is 175 Å². The van der Waals surface area contributed by atoms with Crippen LogP contribution in [0, 0.1) is 20.8 Å². The average Bonchev–Trinajstić information content (AvgIpc) is 3.20. The minimum atomic E-state index is -4.49. The molecule has 31 heavy (non-hydrogen) atoms. The second kappa shape index (κ2) is 7.49. The Hall–Kier alpha value is -3.76. The molecule has 0 aliphatic carbocycles. The van der Waals surface area contributed by atoms with Crippen LogP contribution in [0.5, 0.6) is 0 Å². The maximum atomic E-state index is 12.8. The summed E-state index contributed by atoms with van der Waals surface area (Å²) in [7, 11) is 1.74. The molecule has 0 atom stereocenters. The van der Waals surface area contributed by atoms with Crippen LogP contribution in [0.4, 0.5) is 24.8 Å². The van der Waals surface area contributed by atoms with Crippen LogP contribution in [0.15, 0.2) is 36.8 Å². The molecule has 0 aromatic carbocycles. The highest BCUT2D eigenvalue weighted by Crippen LogP contribution is 2.32. The first kappa shape index (κ1) is 20.5. The summed E-state index contributed by atoms with van der Waals surface area (Å²) in [5.41, 5.74) is 2.63. The number of aromatic nitrogens is 7. The summed E-state index contributed by atoms with van der Waals surface area (Å²) in [6, 6.07) is 6.01. The molecule has 0 bridgehead atoms. The topological polar surface area (TPSA) is 86.3 Å². The second-order valence-electron chi connectivity index (χ2n) is 7.10. The number of nitrogens with one attached hydrogen (secondary N) is 1. The van der Waals surface area contributed by atoms with Gasteiger partial charge in [0.05, 0.1) is 11.4 Å². The zero-order valence-electron chi connectivity index (χ0n) is 17.2. The number of alkyl halides is 3. The molecule has 11 heteroatoms. The minimum Gasteiger partial charge on any atom is -0.325 e. The fourth-order valence-electron chi connectivity index (χ4n) is 3.29. The fourth-order valence-corrected chi connectivity index (χ4v) is 3.29. The van der Waals surface area contributed by atoms with E-state index < -0.39 is 11.9 Å². The average molecular weight is 428 g/mol. The van der Waals surface area contributed by atoms with Gasteiger partial charge in [0.15, 0.2) is 5.82 Å². The van der Waals surface area contributed by atoms with E-state index in [4.69, 9.17) is 0 Å². The molecule has 0 aliphatic heterocycles. The molecular weight excluding hydrogens is 409 g/mol. The Morgan fingerprint density at radius 3 is 2.35 bits per heavy atom. The van der Waals surface area contributed by atoms with Crippen LogP contribution >= 0.6 is 0 Å². The van der Waals surface area contributed by atoms with Crippen LogP contribution in [0.25, 0.3) is 17.1 Å². The standard InChI is InChI=1S/C20H19F3N8/c1-11-7-12(2)31(28-11)17-8-16(25-10-26-17)27-19-13(3)18(29-30(19)4)14-5-6-15(24-9-14)20(21,22)23/h5-10H,1-4H3,(H,25,26,27). The Kier molecular flexibility index (Phi) is 4.96. The molecule has 1 N–H and O–H groups in total. The molecule has 0 fully saturated rings. The Morgan fingerprint density at radius 2 is 1.74 bits per heavy atom. The van der Waals surface area contributed by atoms with E-state index in [9.17, 15) is 13.2 Å². The number of pyridine rings is 1. The van der Waals surface area contributed by atoms with E-state index in [1.807, 2.05) is 26.8 Å². The first-order chi connectivity index (χ1) is 14.6. The Bertz CT molecular complexity index is 1240. The number of hydrogen-bond acceptors (Lipinski definition) is 6. The summed E-state index contributed by atoms with van der Waals surface area (Å²) in [6.07, 6.45) is -1.88. The van der Waals surface area contributed by atoms with E-state index in [1.54, 1.807) is 22.5 Å². The molecule has 4 heterocycles. The smallest absolute Gasteiger partial charge is 0.325 e. The van der Waals surface area contributed by atoms with Crippen molar-refractivity contribution in [3.63, 3.8) is 0 Å². The molecule has 4 rings (SSSR count). The molecule has 4 aromatic rings. The predicted octanol–water partition coefficient (Wildman–Crippen LogP) is 4.15. The summed E-state index contributed by atoms with van der Waals surface area (Å²) in [6.45, 7) is 5.66. The number of aryl methyl sites for hydroxylation is 3. The first-order valence-corrected chi connectivity index (χ1v) is 9.33. The van der Waals surface area contributed by atoms with Crippen LogP contribution < -0.4 is 5.32 Å². The highest BCUT2D eigenvalue weighted by atomic mass is 19.4. The van der Waals surface area contributed by atoms with E-state index in [0.717, 1.165) is 23.0 Å². The van der Waals surface area contributed by atoms with Crippen molar-refractivity contribution in [3.05, 3.63) is 59.4 Å². The third-order valence-corrected chi connectivity index (χ3v) is 4.74. The molecule has 0 spiro atoms. The van der Waals surface area contributed by atoms with Crippen molar-refractivity contribution in [3.8, 4) is 17.1 Å². The maximum Gasteiger partial charge on any atom is 0.433 e. The molecular formula is C20H19F3N8. The zero-order chi connectivity index (χ0) is 22.3. The van der Waals surface area contributed by atoms with Gasteiger partial charge < -0.3 is 5.32 Å². The van der Waals surface area contributed by atoms with E-state index >= 15 is 0 Å². The number of hydrogen-bond donors (Lipinski definition) is 1. The van der Waals surface area contributed by atoms with Crippen LogP contribution in [0.1, 0.15) is 22.6 Å². The van der Waals surface area contributed by atoms with Gasteiger partial charge in [-0.1, -0.05) is 0 Å². The van der Waals surface area contributed by atoms with Gasteiger partial charge in [0.25, 0.3) is 0 Å². The molecule has 0 unspecified atom stereocenters. The van der Waals surface area contributed by atoms with Gasteiger partial charge in [-0.25, -0.2) is 14.6 Å². The van der Waals surface area contributed by atoms with Crippen molar-refractivity contribution >= 4 is 11.6 Å². The monoisotopic (exact) mass is 428 g/mol. The Morgan fingerprint density at radius 1 is 0.968 bits per heavy atom. The predicted molar refractivity (Wildman–Crippen MR) is 108 cm³/mol.